The Bertz CT molecular complexity index is 626. The number of hydrogen-bond donors (Lipinski definition) is 0. The van der Waals surface area contributed by atoms with Crippen LogP contribution in [0.4, 0.5) is 0 Å². The van der Waals surface area contributed by atoms with Gasteiger partial charge < -0.3 is 4.74 Å². The summed E-state index contributed by atoms with van der Waals surface area (Å²) >= 11 is 5.90. The molecule has 0 aliphatic carbocycles. The van der Waals surface area contributed by atoms with Crippen LogP contribution in [-0.4, -0.2) is 23.5 Å². The summed E-state index contributed by atoms with van der Waals surface area (Å²) in [7, 11) is 0. The summed E-state index contributed by atoms with van der Waals surface area (Å²) in [6.45, 7) is 12.5. The highest BCUT2D eigenvalue weighted by molar-refractivity contribution is 6.30. The highest BCUT2D eigenvalue weighted by Gasteiger charge is 2.15. The molecule has 0 radical (unpaired) electrons. The van der Waals surface area contributed by atoms with Gasteiger partial charge in [0.05, 0.1) is 0 Å². The molecule has 0 saturated carbocycles. The van der Waals surface area contributed by atoms with E-state index in [1.54, 1.807) is 0 Å². The fourth-order valence-corrected chi connectivity index (χ4v) is 3.25. The quantitative estimate of drug-likeness (QED) is 0.517. The summed E-state index contributed by atoms with van der Waals surface area (Å²) in [5, 5.41) is 0.716. The fourth-order valence-electron chi connectivity index (χ4n) is 3.13. The first-order valence-electron chi connectivity index (χ1n) is 9.16. The number of ether oxygens (including phenoxy) is 1. The molecule has 0 N–H and O–H groups in total. The average molecular weight is 360 g/mol. The molecular weight excluding hydrogens is 330 g/mol. The van der Waals surface area contributed by atoms with E-state index < -0.39 is 0 Å². The maximum absolute atomic E-state index is 5.90. The minimum atomic E-state index is 0.532. The van der Waals surface area contributed by atoms with Gasteiger partial charge in [-0.05, 0) is 88.5 Å². The Morgan fingerprint density at radius 1 is 0.800 bits per heavy atom. The lowest BCUT2D eigenvalue weighted by atomic mass is 9.97. The lowest BCUT2D eigenvalue weighted by Gasteiger charge is -2.31. The van der Waals surface area contributed by atoms with Crippen LogP contribution in [0.2, 0.25) is 5.02 Å². The third-order valence-electron chi connectivity index (χ3n) is 4.65. The summed E-state index contributed by atoms with van der Waals surface area (Å²) in [4.78, 5) is 2.55. The molecule has 136 valence electrons. The predicted octanol–water partition coefficient (Wildman–Crippen LogP) is 6.74. The average Bonchev–Trinajstić information content (AvgIpc) is 2.57. The standard InChI is InChI=1S/C22H30ClNO/c1-16(2)24(17(3)4)15-14-18(5)19-6-10-21(11-7-19)25-22-12-8-20(23)9-13-22/h6-13,16-18H,14-15H2,1-5H3. The first-order valence-corrected chi connectivity index (χ1v) is 9.53. The molecule has 0 aliphatic heterocycles. The zero-order valence-electron chi connectivity index (χ0n) is 16.0. The summed E-state index contributed by atoms with van der Waals surface area (Å²) in [5.41, 5.74) is 1.36. The van der Waals surface area contributed by atoms with Gasteiger partial charge in [-0.15, -0.1) is 0 Å². The molecule has 0 heterocycles. The van der Waals surface area contributed by atoms with Crippen molar-refractivity contribution in [2.45, 2.75) is 59.0 Å². The molecule has 0 bridgehead atoms. The zero-order valence-corrected chi connectivity index (χ0v) is 16.8. The van der Waals surface area contributed by atoms with E-state index in [2.05, 4.69) is 51.7 Å². The maximum atomic E-state index is 5.90. The van der Waals surface area contributed by atoms with Gasteiger partial charge in [0.25, 0.3) is 0 Å². The summed E-state index contributed by atoms with van der Waals surface area (Å²) in [6, 6.07) is 17.0. The van der Waals surface area contributed by atoms with Gasteiger partial charge in [0, 0.05) is 17.1 Å². The van der Waals surface area contributed by atoms with Crippen LogP contribution in [0.25, 0.3) is 0 Å². The van der Waals surface area contributed by atoms with E-state index in [4.69, 9.17) is 16.3 Å². The van der Waals surface area contributed by atoms with Crippen molar-refractivity contribution in [3.8, 4) is 11.5 Å². The van der Waals surface area contributed by atoms with E-state index >= 15 is 0 Å². The molecule has 0 aliphatic rings. The molecular formula is C22H30ClNO. The second kappa shape index (κ2) is 9.26. The number of hydrogen-bond acceptors (Lipinski definition) is 2. The van der Waals surface area contributed by atoms with Gasteiger partial charge in [0.15, 0.2) is 0 Å². The van der Waals surface area contributed by atoms with Crippen LogP contribution in [0.1, 0.15) is 52.5 Å². The maximum Gasteiger partial charge on any atom is 0.127 e. The van der Waals surface area contributed by atoms with Gasteiger partial charge in [0.2, 0.25) is 0 Å². The van der Waals surface area contributed by atoms with Crippen molar-refractivity contribution in [3.63, 3.8) is 0 Å². The molecule has 1 unspecified atom stereocenters. The van der Waals surface area contributed by atoms with E-state index in [-0.39, 0.29) is 0 Å². The Balaban J connectivity index is 1.93. The second-order valence-electron chi connectivity index (χ2n) is 7.24. The lowest BCUT2D eigenvalue weighted by molar-refractivity contribution is 0.169. The summed E-state index contributed by atoms with van der Waals surface area (Å²) in [5.74, 6) is 2.18. The zero-order chi connectivity index (χ0) is 18.4. The fraction of sp³-hybridized carbons (Fsp3) is 0.455. The van der Waals surface area contributed by atoms with Crippen LogP contribution in [-0.2, 0) is 0 Å². The molecule has 2 nitrogen and oxygen atoms in total. The monoisotopic (exact) mass is 359 g/mol. The van der Waals surface area contributed by atoms with E-state index in [1.807, 2.05) is 36.4 Å². The van der Waals surface area contributed by atoms with Crippen molar-refractivity contribution < 1.29 is 4.74 Å². The number of benzene rings is 2. The third kappa shape index (κ3) is 6.05. The van der Waals surface area contributed by atoms with Crippen LogP contribution < -0.4 is 4.74 Å². The van der Waals surface area contributed by atoms with Gasteiger partial charge in [-0.3, -0.25) is 4.90 Å². The first-order chi connectivity index (χ1) is 11.9. The summed E-state index contributed by atoms with van der Waals surface area (Å²) < 4.78 is 5.86. The smallest absolute Gasteiger partial charge is 0.127 e. The van der Waals surface area contributed by atoms with Crippen LogP contribution in [0, 0.1) is 0 Å². The van der Waals surface area contributed by atoms with Gasteiger partial charge in [0.1, 0.15) is 11.5 Å². The van der Waals surface area contributed by atoms with E-state index in [0.717, 1.165) is 24.5 Å². The minimum absolute atomic E-state index is 0.532. The van der Waals surface area contributed by atoms with E-state index in [1.165, 1.54) is 5.56 Å². The van der Waals surface area contributed by atoms with Gasteiger partial charge in [-0.1, -0.05) is 30.7 Å². The molecule has 0 spiro atoms. The molecule has 3 heteroatoms. The molecule has 2 aromatic carbocycles. The second-order valence-corrected chi connectivity index (χ2v) is 7.68. The molecule has 2 aromatic rings. The Morgan fingerprint density at radius 2 is 1.28 bits per heavy atom. The van der Waals surface area contributed by atoms with Crippen molar-refractivity contribution in [1.82, 2.24) is 4.90 Å². The van der Waals surface area contributed by atoms with Crippen LogP contribution in [0.15, 0.2) is 48.5 Å². The minimum Gasteiger partial charge on any atom is -0.457 e. The molecule has 1 atom stereocenters. The number of halogens is 1. The Kier molecular flexibility index (Phi) is 7.34. The van der Waals surface area contributed by atoms with Crippen molar-refractivity contribution in [2.75, 3.05) is 6.54 Å². The summed E-state index contributed by atoms with van der Waals surface area (Å²) in [6.07, 6.45) is 1.16. The Hall–Kier alpha value is -1.51. The first kappa shape index (κ1) is 19.8. The lowest BCUT2D eigenvalue weighted by Crippen LogP contribution is -2.38. The molecule has 0 saturated heterocycles. The topological polar surface area (TPSA) is 12.5 Å². The van der Waals surface area contributed by atoms with Gasteiger partial charge in [-0.2, -0.15) is 0 Å². The molecule has 0 aromatic heterocycles. The molecule has 2 rings (SSSR count). The van der Waals surface area contributed by atoms with Crippen LogP contribution in [0.3, 0.4) is 0 Å². The van der Waals surface area contributed by atoms with Crippen molar-refractivity contribution in [3.05, 3.63) is 59.1 Å². The highest BCUT2D eigenvalue weighted by Crippen LogP contribution is 2.26. The normalized spacial score (nSPS) is 12.8. The SMILES string of the molecule is CC(CCN(C(C)C)C(C)C)c1ccc(Oc2ccc(Cl)cc2)cc1. The highest BCUT2D eigenvalue weighted by atomic mass is 35.5. The molecule has 0 amide bonds. The van der Waals surface area contributed by atoms with Crippen molar-refractivity contribution in [1.29, 1.82) is 0 Å². The third-order valence-corrected chi connectivity index (χ3v) is 4.90. The van der Waals surface area contributed by atoms with E-state index in [9.17, 15) is 0 Å². The van der Waals surface area contributed by atoms with Crippen molar-refractivity contribution >= 4 is 11.6 Å². The van der Waals surface area contributed by atoms with E-state index in [0.29, 0.717) is 23.0 Å². The predicted molar refractivity (Wildman–Crippen MR) is 108 cm³/mol. The number of rotatable bonds is 8. The Labute approximate surface area is 157 Å². The van der Waals surface area contributed by atoms with Gasteiger partial charge in [-0.25, -0.2) is 0 Å². The molecule has 25 heavy (non-hydrogen) atoms. The van der Waals surface area contributed by atoms with Crippen molar-refractivity contribution in [2.24, 2.45) is 0 Å². The number of nitrogens with zero attached hydrogens (tertiary/aromatic N) is 1. The largest absolute Gasteiger partial charge is 0.457 e. The Morgan fingerprint density at radius 3 is 1.76 bits per heavy atom. The van der Waals surface area contributed by atoms with Crippen LogP contribution >= 0.6 is 11.6 Å². The molecule has 0 fully saturated rings. The van der Waals surface area contributed by atoms with Gasteiger partial charge >= 0.3 is 0 Å². The van der Waals surface area contributed by atoms with Crippen LogP contribution in [0.5, 0.6) is 11.5 Å².